The van der Waals surface area contributed by atoms with Crippen molar-refractivity contribution in [2.24, 2.45) is 5.73 Å². The van der Waals surface area contributed by atoms with Crippen LogP contribution in [0.1, 0.15) is 19.3 Å². The third-order valence-corrected chi connectivity index (χ3v) is 1.50. The van der Waals surface area contributed by atoms with E-state index in [9.17, 15) is 4.79 Å². The average molecular weight is 144 g/mol. The minimum absolute atomic E-state index is 0.0200. The summed E-state index contributed by atoms with van der Waals surface area (Å²) in [6.07, 6.45) is 3.88. The summed E-state index contributed by atoms with van der Waals surface area (Å²) >= 11 is 0. The van der Waals surface area contributed by atoms with E-state index in [0.717, 1.165) is 32.1 Å². The van der Waals surface area contributed by atoms with Gasteiger partial charge in [-0.3, -0.25) is 0 Å². The fourth-order valence-electron chi connectivity index (χ4n) is 0.789. The number of nitrogens with one attached hydrogen (secondary N) is 1. The van der Waals surface area contributed by atoms with E-state index in [2.05, 4.69) is 5.32 Å². The first kappa shape index (κ1) is 9.59. The zero-order valence-corrected chi connectivity index (χ0v) is 6.47. The van der Waals surface area contributed by atoms with Crippen LogP contribution >= 0.6 is 0 Å². The number of rotatable bonds is 6. The predicted octanol–water partition coefficient (Wildman–Crippen LogP) is -0.0977. The molecule has 0 aliphatic carbocycles. The van der Waals surface area contributed by atoms with Crippen LogP contribution in [-0.4, -0.2) is 25.9 Å². The Labute approximate surface area is 62.0 Å². The Morgan fingerprint density at radius 3 is 2.70 bits per heavy atom. The SMILES string of the molecule is CN[C@@H](C=O)CCCCN. The van der Waals surface area contributed by atoms with Crippen LogP contribution in [0.5, 0.6) is 0 Å². The summed E-state index contributed by atoms with van der Waals surface area (Å²) in [5.41, 5.74) is 5.29. The Morgan fingerprint density at radius 1 is 1.60 bits per heavy atom. The summed E-state index contributed by atoms with van der Waals surface area (Å²) in [6, 6.07) is 0.0200. The fourth-order valence-corrected chi connectivity index (χ4v) is 0.789. The van der Waals surface area contributed by atoms with E-state index in [1.807, 2.05) is 0 Å². The summed E-state index contributed by atoms with van der Waals surface area (Å²) in [5, 5.41) is 2.90. The van der Waals surface area contributed by atoms with Gasteiger partial charge in [0.15, 0.2) is 0 Å². The van der Waals surface area contributed by atoms with Crippen LogP contribution in [0, 0.1) is 0 Å². The Balaban J connectivity index is 3.17. The number of hydrogen-bond donors (Lipinski definition) is 2. The first-order valence-electron chi connectivity index (χ1n) is 3.67. The van der Waals surface area contributed by atoms with Gasteiger partial charge in [-0.25, -0.2) is 0 Å². The Kier molecular flexibility index (Phi) is 6.43. The summed E-state index contributed by atoms with van der Waals surface area (Å²) in [5.74, 6) is 0. The van der Waals surface area contributed by atoms with Crippen molar-refractivity contribution >= 4 is 6.29 Å². The van der Waals surface area contributed by atoms with E-state index >= 15 is 0 Å². The van der Waals surface area contributed by atoms with Gasteiger partial charge in [-0.2, -0.15) is 0 Å². The number of likely N-dealkylation sites (N-methyl/N-ethyl adjacent to an activating group) is 1. The highest BCUT2D eigenvalue weighted by Crippen LogP contribution is 1.96. The monoisotopic (exact) mass is 144 g/mol. The molecule has 0 fully saturated rings. The molecule has 0 amide bonds. The van der Waals surface area contributed by atoms with Gasteiger partial charge in [0.25, 0.3) is 0 Å². The number of nitrogens with two attached hydrogens (primary N) is 1. The highest BCUT2D eigenvalue weighted by Gasteiger charge is 2.00. The van der Waals surface area contributed by atoms with Crippen molar-refractivity contribution < 1.29 is 4.79 Å². The van der Waals surface area contributed by atoms with Gasteiger partial charge in [0.1, 0.15) is 6.29 Å². The van der Waals surface area contributed by atoms with Crippen LogP contribution in [-0.2, 0) is 4.79 Å². The van der Waals surface area contributed by atoms with E-state index in [1.165, 1.54) is 0 Å². The van der Waals surface area contributed by atoms with Crippen molar-refractivity contribution in [3.8, 4) is 0 Å². The van der Waals surface area contributed by atoms with Crippen molar-refractivity contribution in [3.63, 3.8) is 0 Å². The molecular weight excluding hydrogens is 128 g/mol. The molecule has 3 heteroatoms. The molecule has 60 valence electrons. The first-order chi connectivity index (χ1) is 4.85. The molecule has 0 bridgehead atoms. The third-order valence-electron chi connectivity index (χ3n) is 1.50. The van der Waals surface area contributed by atoms with Gasteiger partial charge in [0.2, 0.25) is 0 Å². The van der Waals surface area contributed by atoms with Gasteiger partial charge >= 0.3 is 0 Å². The quantitative estimate of drug-likeness (QED) is 0.404. The van der Waals surface area contributed by atoms with Crippen LogP contribution < -0.4 is 11.1 Å². The van der Waals surface area contributed by atoms with Gasteiger partial charge in [0.05, 0.1) is 6.04 Å². The lowest BCUT2D eigenvalue weighted by Gasteiger charge is -2.06. The third kappa shape index (κ3) is 4.47. The maximum Gasteiger partial charge on any atom is 0.136 e. The molecule has 0 aromatic carbocycles. The van der Waals surface area contributed by atoms with Crippen molar-refractivity contribution in [1.82, 2.24) is 5.32 Å². The second-order valence-electron chi connectivity index (χ2n) is 2.32. The molecule has 0 aromatic rings. The molecule has 0 heterocycles. The summed E-state index contributed by atoms with van der Waals surface area (Å²) in [6.45, 7) is 0.718. The van der Waals surface area contributed by atoms with Crippen LogP contribution in [0.4, 0.5) is 0 Å². The van der Waals surface area contributed by atoms with Crippen molar-refractivity contribution in [2.45, 2.75) is 25.3 Å². The first-order valence-corrected chi connectivity index (χ1v) is 3.67. The van der Waals surface area contributed by atoms with Crippen LogP contribution in [0.25, 0.3) is 0 Å². The molecule has 0 radical (unpaired) electrons. The zero-order chi connectivity index (χ0) is 7.82. The number of carbonyl (C=O) groups is 1. The minimum atomic E-state index is 0.0200. The number of carbonyl (C=O) groups excluding carboxylic acids is 1. The average Bonchev–Trinajstić information content (AvgIpc) is 1.99. The molecule has 0 aromatic heterocycles. The van der Waals surface area contributed by atoms with E-state index in [1.54, 1.807) is 7.05 Å². The molecule has 0 saturated heterocycles. The molecule has 1 atom stereocenters. The molecule has 10 heavy (non-hydrogen) atoms. The highest BCUT2D eigenvalue weighted by atomic mass is 16.1. The van der Waals surface area contributed by atoms with Crippen LogP contribution in [0.3, 0.4) is 0 Å². The van der Waals surface area contributed by atoms with E-state index in [-0.39, 0.29) is 6.04 Å². The number of aldehydes is 1. The van der Waals surface area contributed by atoms with Gasteiger partial charge in [0, 0.05) is 0 Å². The molecule has 0 unspecified atom stereocenters. The summed E-state index contributed by atoms with van der Waals surface area (Å²) in [7, 11) is 1.79. The lowest BCUT2D eigenvalue weighted by Crippen LogP contribution is -2.26. The Morgan fingerprint density at radius 2 is 2.30 bits per heavy atom. The topological polar surface area (TPSA) is 55.1 Å². The van der Waals surface area contributed by atoms with Gasteiger partial charge in [-0.1, -0.05) is 6.42 Å². The minimum Gasteiger partial charge on any atom is -0.330 e. The van der Waals surface area contributed by atoms with Crippen molar-refractivity contribution in [1.29, 1.82) is 0 Å². The summed E-state index contributed by atoms with van der Waals surface area (Å²) < 4.78 is 0. The molecule has 0 rings (SSSR count). The van der Waals surface area contributed by atoms with Gasteiger partial charge in [-0.15, -0.1) is 0 Å². The molecule has 0 spiro atoms. The zero-order valence-electron chi connectivity index (χ0n) is 6.47. The summed E-state index contributed by atoms with van der Waals surface area (Å²) in [4.78, 5) is 10.2. The smallest absolute Gasteiger partial charge is 0.136 e. The predicted molar refractivity (Wildman–Crippen MR) is 41.8 cm³/mol. The maximum absolute atomic E-state index is 10.2. The van der Waals surface area contributed by atoms with Crippen LogP contribution in [0.2, 0.25) is 0 Å². The van der Waals surface area contributed by atoms with Crippen molar-refractivity contribution in [2.75, 3.05) is 13.6 Å². The van der Waals surface area contributed by atoms with Crippen LogP contribution in [0.15, 0.2) is 0 Å². The lowest BCUT2D eigenvalue weighted by molar-refractivity contribution is -0.109. The van der Waals surface area contributed by atoms with E-state index in [4.69, 9.17) is 5.73 Å². The van der Waals surface area contributed by atoms with Crippen molar-refractivity contribution in [3.05, 3.63) is 0 Å². The largest absolute Gasteiger partial charge is 0.330 e. The highest BCUT2D eigenvalue weighted by molar-refractivity contribution is 5.57. The Bertz CT molecular complexity index is 85.7. The number of hydrogen-bond acceptors (Lipinski definition) is 3. The standard InChI is InChI=1S/C7H16N2O/c1-9-7(6-10)4-2-3-5-8/h6-7,9H,2-5,8H2,1H3/t7-/m1/s1. The van der Waals surface area contributed by atoms with E-state index < -0.39 is 0 Å². The molecule has 3 nitrogen and oxygen atoms in total. The lowest BCUT2D eigenvalue weighted by atomic mass is 10.1. The maximum atomic E-state index is 10.2. The second-order valence-corrected chi connectivity index (χ2v) is 2.32. The Hall–Kier alpha value is -0.410. The van der Waals surface area contributed by atoms with Gasteiger partial charge in [-0.05, 0) is 26.4 Å². The second kappa shape index (κ2) is 6.71. The normalized spacial score (nSPS) is 13.0. The van der Waals surface area contributed by atoms with Gasteiger partial charge < -0.3 is 15.8 Å². The molecule has 0 saturated carbocycles. The van der Waals surface area contributed by atoms with E-state index in [0.29, 0.717) is 0 Å². The molecule has 0 aliphatic rings. The molecule has 0 aliphatic heterocycles. The number of unbranched alkanes of at least 4 members (excludes halogenated alkanes) is 1. The fraction of sp³-hybridized carbons (Fsp3) is 0.857. The molecular formula is C7H16N2O. The molecule has 3 N–H and O–H groups in total.